The number of fused-ring (bicyclic) bond motifs is 5. The van der Waals surface area contributed by atoms with E-state index in [4.69, 9.17) is 9.47 Å². The molecule has 4 heteroatoms. The van der Waals surface area contributed by atoms with Crippen molar-refractivity contribution in [1.82, 2.24) is 0 Å². The molecule has 0 heterocycles. The minimum atomic E-state index is -0.646. The molecule has 234 valence electrons. The molecule has 0 spiro atoms. The second-order valence-corrected chi connectivity index (χ2v) is 13.9. The van der Waals surface area contributed by atoms with E-state index < -0.39 is 5.41 Å². The quantitative estimate of drug-likeness (QED) is 0.136. The molecular formula is C40H50O4. The van der Waals surface area contributed by atoms with Gasteiger partial charge in [-0.15, -0.1) is 0 Å². The third-order valence-electron chi connectivity index (χ3n) is 10.3. The van der Waals surface area contributed by atoms with E-state index in [-0.39, 0.29) is 24.2 Å². The highest BCUT2D eigenvalue weighted by atomic mass is 16.6. The normalized spacial score (nSPS) is 23.0. The van der Waals surface area contributed by atoms with Crippen LogP contribution in [0.15, 0.2) is 91.0 Å². The lowest BCUT2D eigenvalue weighted by Crippen LogP contribution is -2.30. The molecule has 3 aliphatic carbocycles. The molecule has 0 radical (unpaired) electrons. The molecule has 0 saturated heterocycles. The molecule has 6 unspecified atom stereocenters. The highest BCUT2D eigenvalue weighted by Crippen LogP contribution is 2.56. The van der Waals surface area contributed by atoms with Gasteiger partial charge >= 0.3 is 5.97 Å². The van der Waals surface area contributed by atoms with Crippen LogP contribution in [0.2, 0.25) is 0 Å². The van der Waals surface area contributed by atoms with Crippen molar-refractivity contribution in [2.24, 2.45) is 29.1 Å². The van der Waals surface area contributed by atoms with Gasteiger partial charge in [0.25, 0.3) is 0 Å². The summed E-state index contributed by atoms with van der Waals surface area (Å²) in [5.41, 5.74) is 4.14. The number of hydrogen-bond acceptors (Lipinski definition) is 4. The fourth-order valence-corrected chi connectivity index (χ4v) is 7.89. The molecule has 0 aromatic heterocycles. The number of allylic oxidation sites excluding steroid dienone is 2. The molecule has 2 saturated carbocycles. The fraction of sp³-hybridized carbons (Fsp3) is 0.475. The monoisotopic (exact) mass is 594 g/mol. The third kappa shape index (κ3) is 7.82. The number of ether oxygens (including phenoxy) is 2. The largest absolute Gasteiger partial charge is 0.508 e. The van der Waals surface area contributed by atoms with Crippen molar-refractivity contribution in [2.45, 2.75) is 71.1 Å². The maximum Gasteiger partial charge on any atom is 0.311 e. The van der Waals surface area contributed by atoms with Crippen LogP contribution in [0.5, 0.6) is 5.75 Å². The van der Waals surface area contributed by atoms with Gasteiger partial charge in [-0.2, -0.15) is 0 Å². The Morgan fingerprint density at radius 3 is 2.23 bits per heavy atom. The Bertz CT molecular complexity index is 1360. The zero-order valence-electron chi connectivity index (χ0n) is 27.0. The van der Waals surface area contributed by atoms with Crippen LogP contribution >= 0.6 is 0 Å². The Morgan fingerprint density at radius 1 is 0.886 bits per heavy atom. The molecule has 1 N–H and O–H groups in total. The molecule has 2 fully saturated rings. The molecule has 44 heavy (non-hydrogen) atoms. The smallest absolute Gasteiger partial charge is 0.311 e. The average Bonchev–Trinajstić information content (AvgIpc) is 3.79. The summed E-state index contributed by atoms with van der Waals surface area (Å²) in [6, 6.07) is 26.5. The van der Waals surface area contributed by atoms with E-state index in [2.05, 4.69) is 67.6 Å². The number of esters is 1. The number of phenols is 1. The van der Waals surface area contributed by atoms with Crippen molar-refractivity contribution in [2.75, 3.05) is 20.3 Å². The van der Waals surface area contributed by atoms with Crippen molar-refractivity contribution in [3.05, 3.63) is 102 Å². The van der Waals surface area contributed by atoms with Crippen molar-refractivity contribution in [3.63, 3.8) is 0 Å². The van der Waals surface area contributed by atoms with E-state index in [1.807, 2.05) is 32.0 Å². The Hall–Kier alpha value is -3.37. The predicted molar refractivity (Wildman–Crippen MR) is 179 cm³/mol. The third-order valence-corrected chi connectivity index (χ3v) is 10.3. The highest BCUT2D eigenvalue weighted by molar-refractivity contribution is 5.76. The first kappa shape index (κ1) is 32.0. The Labute approximate surface area is 264 Å². The maximum atomic E-state index is 12.8. The van der Waals surface area contributed by atoms with E-state index >= 15 is 0 Å². The fourth-order valence-electron chi connectivity index (χ4n) is 7.89. The average molecular weight is 595 g/mol. The minimum Gasteiger partial charge on any atom is -0.508 e. The highest BCUT2D eigenvalue weighted by Gasteiger charge is 2.47. The summed E-state index contributed by atoms with van der Waals surface area (Å²) in [4.78, 5) is 12.8. The van der Waals surface area contributed by atoms with Crippen LogP contribution in [0.4, 0.5) is 0 Å². The summed E-state index contributed by atoms with van der Waals surface area (Å²) in [5.74, 6) is 4.81. The second-order valence-electron chi connectivity index (χ2n) is 13.9. The number of methoxy groups -OCH3 is 1. The first-order valence-electron chi connectivity index (χ1n) is 16.5. The number of benzene rings is 3. The number of phenolic OH excluding ortho intramolecular Hbond substituents is 1. The standard InChI is InChI=1S/C30H36O4.C10H14/c1-22(23-10-12-25(13-11-23)24-8-6-5-7-9-24)20-27(26-14-16-28(31)17-15-26)21-30(2,3)29(32)34-19-18-33-4;1-2-9-7-4-5-8(6-7)10(9)3-1/h5-17,22,27,31H,18-21H2,1-4H3;1-2,7-10H,3-6H2. The molecule has 6 atom stereocenters. The second kappa shape index (κ2) is 14.6. The van der Waals surface area contributed by atoms with Crippen LogP contribution in [0.1, 0.15) is 82.3 Å². The van der Waals surface area contributed by atoms with Gasteiger partial charge in [-0.25, -0.2) is 0 Å². The van der Waals surface area contributed by atoms with E-state index in [0.29, 0.717) is 18.9 Å². The number of carbonyl (C=O) groups is 1. The number of rotatable bonds is 11. The van der Waals surface area contributed by atoms with Crippen molar-refractivity contribution >= 4 is 5.97 Å². The van der Waals surface area contributed by atoms with Gasteiger partial charge in [0.05, 0.1) is 12.0 Å². The van der Waals surface area contributed by atoms with Gasteiger partial charge in [-0.3, -0.25) is 4.79 Å². The van der Waals surface area contributed by atoms with Gasteiger partial charge in [0.15, 0.2) is 0 Å². The maximum absolute atomic E-state index is 12.8. The lowest BCUT2D eigenvalue weighted by Gasteiger charge is -2.30. The summed E-state index contributed by atoms with van der Waals surface area (Å²) >= 11 is 0. The summed E-state index contributed by atoms with van der Waals surface area (Å²) in [5, 5.41) is 9.77. The predicted octanol–water partition coefficient (Wildman–Crippen LogP) is 9.55. The van der Waals surface area contributed by atoms with Crippen LogP contribution < -0.4 is 0 Å². The molecule has 0 amide bonds. The van der Waals surface area contributed by atoms with Crippen LogP contribution in [0.3, 0.4) is 0 Å². The first-order chi connectivity index (χ1) is 21.2. The number of carbonyl (C=O) groups excluding carboxylic acids is 1. The van der Waals surface area contributed by atoms with Crippen molar-refractivity contribution < 1.29 is 19.4 Å². The van der Waals surface area contributed by atoms with Crippen LogP contribution in [-0.2, 0) is 14.3 Å². The van der Waals surface area contributed by atoms with Crippen molar-refractivity contribution in [3.8, 4) is 16.9 Å². The van der Waals surface area contributed by atoms with Gasteiger partial charge in [0, 0.05) is 7.11 Å². The zero-order valence-corrected chi connectivity index (χ0v) is 27.0. The van der Waals surface area contributed by atoms with Gasteiger partial charge in [-0.1, -0.05) is 85.8 Å². The van der Waals surface area contributed by atoms with Gasteiger partial charge in [0.2, 0.25) is 0 Å². The number of aromatic hydroxyl groups is 1. The van der Waals surface area contributed by atoms with Crippen LogP contribution in [-0.4, -0.2) is 31.4 Å². The van der Waals surface area contributed by atoms with Crippen LogP contribution in [0, 0.1) is 29.1 Å². The van der Waals surface area contributed by atoms with Crippen molar-refractivity contribution in [1.29, 1.82) is 0 Å². The molecule has 0 aliphatic heterocycles. The lowest BCUT2D eigenvalue weighted by atomic mass is 9.75. The topological polar surface area (TPSA) is 55.8 Å². The summed E-state index contributed by atoms with van der Waals surface area (Å²) < 4.78 is 10.4. The Kier molecular flexibility index (Phi) is 10.6. The SMILES string of the molecule is C1=CC2C3CCC(C3)C2C1.COCCOC(=O)C(C)(C)CC(CC(C)c1ccc(-c2ccccc2)cc1)c1ccc(O)cc1. The summed E-state index contributed by atoms with van der Waals surface area (Å²) in [7, 11) is 1.59. The van der Waals surface area contributed by atoms with Gasteiger partial charge in [-0.05, 0) is 122 Å². The minimum absolute atomic E-state index is 0.134. The summed E-state index contributed by atoms with van der Waals surface area (Å²) in [6.07, 6.45) is 12.5. The van der Waals surface area contributed by atoms with Gasteiger partial charge < -0.3 is 14.6 Å². The molecule has 3 aromatic rings. The van der Waals surface area contributed by atoms with E-state index in [1.165, 1.54) is 29.5 Å². The molecule has 2 bridgehead atoms. The Balaban J connectivity index is 0.000000316. The molecular weight excluding hydrogens is 544 g/mol. The first-order valence-corrected chi connectivity index (χ1v) is 16.5. The molecule has 3 aromatic carbocycles. The molecule has 3 aliphatic rings. The summed E-state index contributed by atoms with van der Waals surface area (Å²) in [6.45, 7) is 6.75. The zero-order chi connectivity index (χ0) is 31.1. The van der Waals surface area contributed by atoms with Gasteiger partial charge in [0.1, 0.15) is 12.4 Å². The van der Waals surface area contributed by atoms with E-state index in [9.17, 15) is 9.90 Å². The lowest BCUT2D eigenvalue weighted by molar-refractivity contribution is -0.155. The molecule has 4 nitrogen and oxygen atoms in total. The van der Waals surface area contributed by atoms with E-state index in [0.717, 1.165) is 35.7 Å². The van der Waals surface area contributed by atoms with Crippen LogP contribution in [0.25, 0.3) is 11.1 Å². The number of hydrogen-bond donors (Lipinski definition) is 1. The Morgan fingerprint density at radius 2 is 1.55 bits per heavy atom. The molecule has 6 rings (SSSR count). The van der Waals surface area contributed by atoms with E-state index in [1.54, 1.807) is 32.1 Å².